The van der Waals surface area contributed by atoms with Crippen LogP contribution in [0.1, 0.15) is 23.4 Å². The summed E-state index contributed by atoms with van der Waals surface area (Å²) in [5, 5.41) is 4.02. The molecular weight excluding hydrogens is 334 g/mol. The van der Waals surface area contributed by atoms with Crippen molar-refractivity contribution in [3.8, 4) is 10.8 Å². The first-order valence-corrected chi connectivity index (χ1v) is 9.46. The number of aromatic nitrogens is 1. The molecule has 3 aromatic rings. The molecule has 1 N–H and O–H groups in total. The van der Waals surface area contributed by atoms with Gasteiger partial charge in [-0.25, -0.2) is 4.98 Å². The van der Waals surface area contributed by atoms with Crippen molar-refractivity contribution in [2.75, 3.05) is 26.7 Å². The summed E-state index contributed by atoms with van der Waals surface area (Å²) in [4.78, 5) is 19.3. The van der Waals surface area contributed by atoms with Crippen LogP contribution in [0.5, 0.6) is 0 Å². The predicted octanol–water partition coefficient (Wildman–Crippen LogP) is 3.63. The summed E-state index contributed by atoms with van der Waals surface area (Å²) in [5.74, 6) is 1.56. The third kappa shape index (κ3) is 3.32. The monoisotopic (exact) mass is 355 g/mol. The van der Waals surface area contributed by atoms with Crippen molar-refractivity contribution in [1.82, 2.24) is 15.2 Å². The van der Waals surface area contributed by atoms with Crippen molar-refractivity contribution in [2.45, 2.75) is 12.8 Å². The number of fused-ring (bicyclic) bond motifs is 1. The number of piperidine rings is 1. The van der Waals surface area contributed by atoms with Crippen LogP contribution in [0.15, 0.2) is 40.8 Å². The maximum Gasteiger partial charge on any atom is 0.289 e. The van der Waals surface area contributed by atoms with E-state index in [1.165, 1.54) is 6.42 Å². The van der Waals surface area contributed by atoms with Crippen LogP contribution in [0, 0.1) is 5.92 Å². The fourth-order valence-corrected chi connectivity index (χ4v) is 4.33. The largest absolute Gasteiger partial charge is 0.448 e. The Morgan fingerprint density at radius 1 is 1.36 bits per heavy atom. The minimum atomic E-state index is -0.0202. The van der Waals surface area contributed by atoms with Crippen LogP contribution in [0.25, 0.3) is 21.0 Å². The van der Waals surface area contributed by atoms with Gasteiger partial charge in [-0.15, -0.1) is 11.3 Å². The number of likely N-dealkylation sites (tertiary alicyclic amines) is 1. The number of furan rings is 1. The zero-order valence-corrected chi connectivity index (χ0v) is 15.0. The SMILES string of the molecule is CNCC1CCCN(C(=O)c2ccc(-c3nc4ccccc4s3)o2)C1. The maximum atomic E-state index is 12.8. The van der Waals surface area contributed by atoms with Crippen LogP contribution in [-0.2, 0) is 0 Å². The Kier molecular flexibility index (Phi) is 4.55. The second kappa shape index (κ2) is 6.98. The number of nitrogens with zero attached hydrogens (tertiary/aromatic N) is 2. The summed E-state index contributed by atoms with van der Waals surface area (Å²) in [6, 6.07) is 11.6. The molecule has 1 atom stereocenters. The van der Waals surface area contributed by atoms with Gasteiger partial charge in [0.15, 0.2) is 16.5 Å². The molecule has 1 aromatic carbocycles. The van der Waals surface area contributed by atoms with Crippen LogP contribution in [0.4, 0.5) is 0 Å². The van der Waals surface area contributed by atoms with Gasteiger partial charge < -0.3 is 14.6 Å². The summed E-state index contributed by atoms with van der Waals surface area (Å²) < 4.78 is 6.97. The number of benzene rings is 1. The van der Waals surface area contributed by atoms with Gasteiger partial charge >= 0.3 is 0 Å². The smallest absolute Gasteiger partial charge is 0.289 e. The Labute approximate surface area is 150 Å². The van der Waals surface area contributed by atoms with Crippen LogP contribution in [-0.4, -0.2) is 42.5 Å². The molecule has 4 rings (SSSR count). The molecule has 3 heterocycles. The van der Waals surface area contributed by atoms with E-state index in [1.54, 1.807) is 17.4 Å². The van der Waals surface area contributed by atoms with Gasteiger partial charge in [0, 0.05) is 13.1 Å². The van der Waals surface area contributed by atoms with E-state index in [-0.39, 0.29) is 5.91 Å². The van der Waals surface area contributed by atoms with Crippen molar-refractivity contribution in [2.24, 2.45) is 5.92 Å². The average Bonchev–Trinajstić information content (AvgIpc) is 3.28. The Morgan fingerprint density at radius 3 is 3.08 bits per heavy atom. The first-order valence-electron chi connectivity index (χ1n) is 8.64. The first-order chi connectivity index (χ1) is 12.2. The molecule has 25 heavy (non-hydrogen) atoms. The molecule has 2 aromatic heterocycles. The van der Waals surface area contributed by atoms with E-state index in [1.807, 2.05) is 42.3 Å². The lowest BCUT2D eigenvalue weighted by Crippen LogP contribution is -2.42. The molecule has 130 valence electrons. The predicted molar refractivity (Wildman–Crippen MR) is 99.9 cm³/mol. The normalized spacial score (nSPS) is 18.0. The number of thiazole rings is 1. The fourth-order valence-electron chi connectivity index (χ4n) is 3.41. The van der Waals surface area contributed by atoms with Gasteiger partial charge in [0.1, 0.15) is 0 Å². The van der Waals surface area contributed by atoms with E-state index in [9.17, 15) is 4.79 Å². The van der Waals surface area contributed by atoms with E-state index >= 15 is 0 Å². The Hall–Kier alpha value is -2.18. The second-order valence-corrected chi connectivity index (χ2v) is 7.50. The van der Waals surface area contributed by atoms with Gasteiger partial charge in [-0.3, -0.25) is 4.79 Å². The van der Waals surface area contributed by atoms with Gasteiger partial charge in [0.2, 0.25) is 0 Å². The zero-order valence-electron chi connectivity index (χ0n) is 14.2. The quantitative estimate of drug-likeness (QED) is 0.776. The molecule has 1 amide bonds. The summed E-state index contributed by atoms with van der Waals surface area (Å²) in [6.45, 7) is 2.53. The molecule has 0 radical (unpaired) electrons. The standard InChI is InChI=1S/C19H21N3O2S/c1-20-11-13-5-4-10-22(12-13)19(23)16-9-8-15(24-16)18-21-14-6-2-3-7-17(14)25-18/h2-3,6-9,13,20H,4-5,10-12H2,1H3. The Balaban J connectivity index is 1.53. The van der Waals surface area contributed by atoms with Gasteiger partial charge in [-0.05, 0) is 56.6 Å². The summed E-state index contributed by atoms with van der Waals surface area (Å²) in [5.41, 5.74) is 0.956. The number of hydrogen-bond donors (Lipinski definition) is 1. The lowest BCUT2D eigenvalue weighted by molar-refractivity contribution is 0.0643. The molecule has 1 saturated heterocycles. The number of nitrogens with one attached hydrogen (secondary N) is 1. The lowest BCUT2D eigenvalue weighted by Gasteiger charge is -2.32. The molecule has 1 unspecified atom stereocenters. The third-order valence-electron chi connectivity index (χ3n) is 4.62. The van der Waals surface area contributed by atoms with Crippen LogP contribution in [0.2, 0.25) is 0 Å². The van der Waals surface area contributed by atoms with Crippen LogP contribution in [0.3, 0.4) is 0 Å². The molecule has 1 fully saturated rings. The van der Waals surface area contributed by atoms with Crippen LogP contribution >= 0.6 is 11.3 Å². The number of para-hydroxylation sites is 1. The van der Waals surface area contributed by atoms with E-state index in [2.05, 4.69) is 10.3 Å². The molecule has 0 aliphatic carbocycles. The topological polar surface area (TPSA) is 58.4 Å². The van der Waals surface area contributed by atoms with Gasteiger partial charge in [0.25, 0.3) is 5.91 Å². The van der Waals surface area contributed by atoms with Crippen molar-refractivity contribution < 1.29 is 9.21 Å². The molecule has 6 heteroatoms. The van der Waals surface area contributed by atoms with E-state index in [4.69, 9.17) is 4.42 Å². The highest BCUT2D eigenvalue weighted by Gasteiger charge is 2.26. The Bertz CT molecular complexity index is 851. The van der Waals surface area contributed by atoms with E-state index in [0.717, 1.165) is 41.3 Å². The maximum absolute atomic E-state index is 12.8. The summed E-state index contributed by atoms with van der Waals surface area (Å²) in [7, 11) is 1.96. The van der Waals surface area contributed by atoms with Crippen molar-refractivity contribution in [1.29, 1.82) is 0 Å². The average molecular weight is 355 g/mol. The molecule has 0 spiro atoms. The summed E-state index contributed by atoms with van der Waals surface area (Å²) in [6.07, 6.45) is 2.21. The Morgan fingerprint density at radius 2 is 2.24 bits per heavy atom. The number of hydrogen-bond acceptors (Lipinski definition) is 5. The third-order valence-corrected chi connectivity index (χ3v) is 5.67. The first kappa shape index (κ1) is 16.3. The number of carbonyl (C=O) groups is 1. The lowest BCUT2D eigenvalue weighted by atomic mass is 9.98. The fraction of sp³-hybridized carbons (Fsp3) is 0.368. The second-order valence-electron chi connectivity index (χ2n) is 6.47. The molecule has 1 aliphatic rings. The van der Waals surface area contributed by atoms with E-state index < -0.39 is 0 Å². The highest BCUT2D eigenvalue weighted by atomic mass is 32.1. The number of carbonyl (C=O) groups excluding carboxylic acids is 1. The molecule has 1 aliphatic heterocycles. The molecule has 5 nitrogen and oxygen atoms in total. The minimum Gasteiger partial charge on any atom is -0.448 e. The van der Waals surface area contributed by atoms with E-state index in [0.29, 0.717) is 17.4 Å². The molecule has 0 saturated carbocycles. The zero-order chi connectivity index (χ0) is 17.2. The minimum absolute atomic E-state index is 0.0202. The summed E-state index contributed by atoms with van der Waals surface area (Å²) >= 11 is 1.58. The number of rotatable bonds is 4. The van der Waals surface area contributed by atoms with Gasteiger partial charge in [-0.1, -0.05) is 12.1 Å². The van der Waals surface area contributed by atoms with Gasteiger partial charge in [0.05, 0.1) is 10.2 Å². The van der Waals surface area contributed by atoms with Crippen molar-refractivity contribution in [3.05, 3.63) is 42.2 Å². The molecule has 0 bridgehead atoms. The van der Waals surface area contributed by atoms with Crippen molar-refractivity contribution >= 4 is 27.5 Å². The molecular formula is C19H21N3O2S. The van der Waals surface area contributed by atoms with Crippen molar-refractivity contribution in [3.63, 3.8) is 0 Å². The van der Waals surface area contributed by atoms with Gasteiger partial charge in [-0.2, -0.15) is 0 Å². The van der Waals surface area contributed by atoms with Crippen LogP contribution < -0.4 is 5.32 Å². The highest BCUT2D eigenvalue weighted by molar-refractivity contribution is 7.21. The number of amides is 1. The highest BCUT2D eigenvalue weighted by Crippen LogP contribution is 2.31.